The van der Waals surface area contributed by atoms with E-state index in [-0.39, 0.29) is 6.42 Å². The number of thiazole rings is 1. The SMILES string of the molecule is O=C(O)CCc1nc(CF)cs1. The Morgan fingerprint density at radius 3 is 3.00 bits per heavy atom. The van der Waals surface area contributed by atoms with Gasteiger partial charge in [-0.25, -0.2) is 9.37 Å². The third kappa shape index (κ3) is 2.58. The van der Waals surface area contributed by atoms with E-state index < -0.39 is 12.6 Å². The highest BCUT2D eigenvalue weighted by Crippen LogP contribution is 2.12. The first-order valence-corrected chi connectivity index (χ1v) is 4.31. The number of hydrogen-bond acceptors (Lipinski definition) is 3. The fourth-order valence-corrected chi connectivity index (χ4v) is 1.52. The Hall–Kier alpha value is -0.970. The van der Waals surface area contributed by atoms with E-state index >= 15 is 0 Å². The molecule has 0 unspecified atom stereocenters. The minimum absolute atomic E-state index is 0.0548. The average Bonchev–Trinajstić information content (AvgIpc) is 2.48. The summed E-state index contributed by atoms with van der Waals surface area (Å²) in [6, 6.07) is 0. The van der Waals surface area contributed by atoms with Gasteiger partial charge < -0.3 is 5.11 Å². The number of nitrogens with zero attached hydrogens (tertiary/aromatic N) is 1. The molecule has 0 aliphatic carbocycles. The summed E-state index contributed by atoms with van der Waals surface area (Å²) >= 11 is 1.30. The van der Waals surface area contributed by atoms with E-state index in [1.54, 1.807) is 5.38 Å². The van der Waals surface area contributed by atoms with E-state index in [1.807, 2.05) is 0 Å². The van der Waals surface area contributed by atoms with Crippen LogP contribution in [-0.2, 0) is 17.9 Å². The number of carboxylic acid groups (broad SMARTS) is 1. The molecule has 12 heavy (non-hydrogen) atoms. The van der Waals surface area contributed by atoms with Crippen LogP contribution in [0, 0.1) is 0 Å². The maximum Gasteiger partial charge on any atom is 0.303 e. The van der Waals surface area contributed by atoms with Crippen molar-refractivity contribution in [3.05, 3.63) is 16.1 Å². The van der Waals surface area contributed by atoms with Crippen molar-refractivity contribution in [3.63, 3.8) is 0 Å². The Morgan fingerprint density at radius 1 is 1.75 bits per heavy atom. The van der Waals surface area contributed by atoms with Crippen LogP contribution in [0.1, 0.15) is 17.1 Å². The Balaban J connectivity index is 2.47. The van der Waals surface area contributed by atoms with Gasteiger partial charge in [-0.1, -0.05) is 0 Å². The molecule has 1 aromatic heterocycles. The Bertz CT molecular complexity index is 274. The van der Waals surface area contributed by atoms with Crippen LogP contribution in [0.3, 0.4) is 0 Å². The summed E-state index contributed by atoms with van der Waals surface area (Å²) in [5.74, 6) is -0.855. The molecule has 0 saturated carbocycles. The van der Waals surface area contributed by atoms with Gasteiger partial charge in [-0.15, -0.1) is 11.3 Å². The molecule has 0 spiro atoms. The number of aryl methyl sites for hydroxylation is 1. The van der Waals surface area contributed by atoms with Gasteiger partial charge in [0.15, 0.2) is 0 Å². The fourth-order valence-electron chi connectivity index (χ4n) is 0.739. The molecule has 0 atom stereocenters. The molecule has 1 aromatic rings. The largest absolute Gasteiger partial charge is 0.481 e. The number of halogens is 1. The van der Waals surface area contributed by atoms with Crippen LogP contribution >= 0.6 is 11.3 Å². The molecule has 5 heteroatoms. The minimum atomic E-state index is -0.855. The summed E-state index contributed by atoms with van der Waals surface area (Å²) in [4.78, 5) is 14.0. The minimum Gasteiger partial charge on any atom is -0.481 e. The maximum absolute atomic E-state index is 12.0. The lowest BCUT2D eigenvalue weighted by Crippen LogP contribution is -1.97. The summed E-state index contributed by atoms with van der Waals surface area (Å²) < 4.78 is 12.0. The predicted octanol–water partition coefficient (Wildman–Crippen LogP) is 1.63. The molecule has 1 N–H and O–H groups in total. The highest BCUT2D eigenvalue weighted by atomic mass is 32.1. The second kappa shape index (κ2) is 4.15. The molecule has 0 radical (unpaired) electrons. The van der Waals surface area contributed by atoms with Crippen molar-refractivity contribution >= 4 is 17.3 Å². The molecular weight excluding hydrogens is 181 g/mol. The van der Waals surface area contributed by atoms with Gasteiger partial charge in [0, 0.05) is 11.8 Å². The van der Waals surface area contributed by atoms with E-state index in [2.05, 4.69) is 4.98 Å². The van der Waals surface area contributed by atoms with Crippen molar-refractivity contribution < 1.29 is 14.3 Å². The zero-order chi connectivity index (χ0) is 8.97. The third-order valence-electron chi connectivity index (χ3n) is 1.29. The van der Waals surface area contributed by atoms with Gasteiger partial charge in [-0.2, -0.15) is 0 Å². The van der Waals surface area contributed by atoms with Crippen molar-refractivity contribution in [2.75, 3.05) is 0 Å². The predicted molar refractivity (Wildman–Crippen MR) is 42.9 cm³/mol. The lowest BCUT2D eigenvalue weighted by molar-refractivity contribution is -0.136. The molecule has 3 nitrogen and oxygen atoms in total. The van der Waals surface area contributed by atoms with Gasteiger partial charge in [-0.05, 0) is 0 Å². The van der Waals surface area contributed by atoms with Gasteiger partial charge in [0.25, 0.3) is 0 Å². The zero-order valence-electron chi connectivity index (χ0n) is 6.29. The average molecular weight is 189 g/mol. The van der Waals surface area contributed by atoms with E-state index in [1.165, 1.54) is 11.3 Å². The third-order valence-corrected chi connectivity index (χ3v) is 2.25. The van der Waals surface area contributed by atoms with Gasteiger partial charge in [-0.3, -0.25) is 4.79 Å². The van der Waals surface area contributed by atoms with Crippen LogP contribution in [-0.4, -0.2) is 16.1 Å². The number of aliphatic carboxylic acids is 1. The summed E-state index contributed by atoms with van der Waals surface area (Å²) in [5.41, 5.74) is 0.389. The number of carboxylic acids is 1. The van der Waals surface area contributed by atoms with Crippen molar-refractivity contribution in [2.24, 2.45) is 0 Å². The number of alkyl halides is 1. The molecule has 66 valence electrons. The molecule has 0 aromatic carbocycles. The highest BCUT2D eigenvalue weighted by Gasteiger charge is 2.03. The normalized spacial score (nSPS) is 10.1. The van der Waals surface area contributed by atoms with Crippen molar-refractivity contribution in [3.8, 4) is 0 Å². The van der Waals surface area contributed by atoms with Gasteiger partial charge in [0.05, 0.1) is 17.1 Å². The van der Waals surface area contributed by atoms with Crippen LogP contribution in [0.25, 0.3) is 0 Å². The van der Waals surface area contributed by atoms with Crippen LogP contribution in [0.2, 0.25) is 0 Å². The lowest BCUT2D eigenvalue weighted by atomic mass is 10.3. The summed E-state index contributed by atoms with van der Waals surface area (Å²) in [5, 5.41) is 10.6. The molecule has 1 heterocycles. The summed E-state index contributed by atoms with van der Waals surface area (Å²) in [6.07, 6.45) is 0.444. The van der Waals surface area contributed by atoms with Crippen molar-refractivity contribution in [2.45, 2.75) is 19.5 Å². The van der Waals surface area contributed by atoms with Gasteiger partial charge in [0.2, 0.25) is 0 Å². The van der Waals surface area contributed by atoms with Crippen LogP contribution in [0.15, 0.2) is 5.38 Å². The molecule has 0 amide bonds. The zero-order valence-corrected chi connectivity index (χ0v) is 7.10. The molecule has 0 aliphatic heterocycles. The van der Waals surface area contributed by atoms with E-state index in [9.17, 15) is 9.18 Å². The Labute approximate surface area is 72.9 Å². The van der Waals surface area contributed by atoms with Gasteiger partial charge >= 0.3 is 5.97 Å². The second-order valence-electron chi connectivity index (χ2n) is 2.26. The van der Waals surface area contributed by atoms with Crippen molar-refractivity contribution in [1.29, 1.82) is 0 Å². The summed E-state index contributed by atoms with van der Waals surface area (Å²) in [6.45, 7) is -0.580. The van der Waals surface area contributed by atoms with Crippen molar-refractivity contribution in [1.82, 2.24) is 4.98 Å². The van der Waals surface area contributed by atoms with Crippen LogP contribution in [0.5, 0.6) is 0 Å². The maximum atomic E-state index is 12.0. The number of hydrogen-bond donors (Lipinski definition) is 1. The molecule has 0 aliphatic rings. The number of rotatable bonds is 4. The standard InChI is InChI=1S/C7H8FNO2S/c8-3-5-4-12-6(9-5)1-2-7(10)11/h4H,1-3H2,(H,10,11). The first kappa shape index (κ1) is 9.12. The summed E-state index contributed by atoms with van der Waals surface area (Å²) in [7, 11) is 0. The van der Waals surface area contributed by atoms with E-state index in [4.69, 9.17) is 5.11 Å². The highest BCUT2D eigenvalue weighted by molar-refractivity contribution is 7.09. The monoisotopic (exact) mass is 189 g/mol. The van der Waals surface area contributed by atoms with Gasteiger partial charge in [0.1, 0.15) is 6.67 Å². The van der Waals surface area contributed by atoms with Crippen LogP contribution in [0.4, 0.5) is 4.39 Å². The topological polar surface area (TPSA) is 50.2 Å². The Morgan fingerprint density at radius 2 is 2.50 bits per heavy atom. The Kier molecular flexibility index (Phi) is 3.16. The smallest absolute Gasteiger partial charge is 0.303 e. The van der Waals surface area contributed by atoms with E-state index in [0.29, 0.717) is 17.1 Å². The molecular formula is C7H8FNO2S. The second-order valence-corrected chi connectivity index (χ2v) is 3.20. The van der Waals surface area contributed by atoms with Crippen LogP contribution < -0.4 is 0 Å². The molecule has 1 rings (SSSR count). The number of aromatic nitrogens is 1. The van der Waals surface area contributed by atoms with E-state index in [0.717, 1.165) is 0 Å². The quantitative estimate of drug-likeness (QED) is 0.783. The molecule has 0 fully saturated rings. The number of carbonyl (C=O) groups is 1. The first-order chi connectivity index (χ1) is 5.72. The molecule has 0 bridgehead atoms. The molecule has 0 saturated heterocycles. The lowest BCUT2D eigenvalue weighted by Gasteiger charge is -1.89. The fraction of sp³-hybridized carbons (Fsp3) is 0.429. The first-order valence-electron chi connectivity index (χ1n) is 3.43.